The van der Waals surface area contributed by atoms with Crippen LogP contribution in [0.2, 0.25) is 0 Å². The normalized spacial score (nSPS) is 14.5. The molecule has 1 saturated heterocycles. The number of carbonyl (C=O) groups is 2. The zero-order valence-electron chi connectivity index (χ0n) is 12.0. The van der Waals surface area contributed by atoms with Gasteiger partial charge in [0.15, 0.2) is 0 Å². The number of benzene rings is 1. The predicted octanol–water partition coefficient (Wildman–Crippen LogP) is 0.458. The SMILES string of the molecule is O=C1CN(c2ccc(NC(=O)Cn3cccn3)cc2)CCN1. The largest absolute Gasteiger partial charge is 0.360 e. The number of anilines is 2. The van der Waals surface area contributed by atoms with Crippen LogP contribution >= 0.6 is 0 Å². The van der Waals surface area contributed by atoms with Crippen molar-refractivity contribution in [3.63, 3.8) is 0 Å². The van der Waals surface area contributed by atoms with E-state index in [0.717, 1.165) is 17.9 Å². The maximum absolute atomic E-state index is 11.9. The zero-order chi connectivity index (χ0) is 15.4. The average molecular weight is 299 g/mol. The molecule has 1 aliphatic rings. The molecule has 0 unspecified atom stereocenters. The summed E-state index contributed by atoms with van der Waals surface area (Å²) in [5.41, 5.74) is 1.70. The van der Waals surface area contributed by atoms with Crippen LogP contribution in [-0.2, 0) is 16.1 Å². The number of hydrogen-bond acceptors (Lipinski definition) is 4. The highest BCUT2D eigenvalue weighted by Crippen LogP contribution is 2.18. The quantitative estimate of drug-likeness (QED) is 0.859. The number of amides is 2. The van der Waals surface area contributed by atoms with Crippen LogP contribution < -0.4 is 15.5 Å². The Morgan fingerprint density at radius 3 is 2.82 bits per heavy atom. The Morgan fingerprint density at radius 2 is 2.14 bits per heavy atom. The van der Waals surface area contributed by atoms with Gasteiger partial charge in [-0.3, -0.25) is 14.3 Å². The van der Waals surface area contributed by atoms with E-state index in [9.17, 15) is 9.59 Å². The highest BCUT2D eigenvalue weighted by molar-refractivity contribution is 5.90. The van der Waals surface area contributed by atoms with Crippen LogP contribution in [0.5, 0.6) is 0 Å². The minimum atomic E-state index is -0.131. The van der Waals surface area contributed by atoms with Crippen molar-refractivity contribution < 1.29 is 9.59 Å². The van der Waals surface area contributed by atoms with Crippen molar-refractivity contribution in [3.05, 3.63) is 42.7 Å². The van der Waals surface area contributed by atoms with Gasteiger partial charge in [-0.2, -0.15) is 5.10 Å². The van der Waals surface area contributed by atoms with E-state index < -0.39 is 0 Å². The molecule has 0 aliphatic carbocycles. The second-order valence-electron chi connectivity index (χ2n) is 5.07. The van der Waals surface area contributed by atoms with E-state index in [1.165, 1.54) is 0 Å². The summed E-state index contributed by atoms with van der Waals surface area (Å²) in [4.78, 5) is 25.3. The number of piperazine rings is 1. The van der Waals surface area contributed by atoms with Gasteiger partial charge in [0.05, 0.1) is 6.54 Å². The van der Waals surface area contributed by atoms with Crippen LogP contribution in [0.3, 0.4) is 0 Å². The third kappa shape index (κ3) is 3.43. The third-order valence-corrected chi connectivity index (χ3v) is 3.42. The fourth-order valence-corrected chi connectivity index (χ4v) is 2.36. The van der Waals surface area contributed by atoms with Gasteiger partial charge in [-0.05, 0) is 30.3 Å². The van der Waals surface area contributed by atoms with Crippen LogP contribution in [0.1, 0.15) is 0 Å². The highest BCUT2D eigenvalue weighted by Gasteiger charge is 2.16. The lowest BCUT2D eigenvalue weighted by molar-refractivity contribution is -0.120. The molecule has 0 bridgehead atoms. The van der Waals surface area contributed by atoms with Gasteiger partial charge in [0, 0.05) is 36.9 Å². The molecular formula is C15H17N5O2. The van der Waals surface area contributed by atoms with Gasteiger partial charge in [0.1, 0.15) is 6.54 Å². The zero-order valence-corrected chi connectivity index (χ0v) is 12.0. The molecule has 114 valence electrons. The second kappa shape index (κ2) is 6.30. The molecule has 0 radical (unpaired) electrons. The van der Waals surface area contributed by atoms with Gasteiger partial charge >= 0.3 is 0 Å². The van der Waals surface area contributed by atoms with E-state index in [4.69, 9.17) is 0 Å². The summed E-state index contributed by atoms with van der Waals surface area (Å²) in [5.74, 6) is -0.100. The van der Waals surface area contributed by atoms with Crippen molar-refractivity contribution in [1.82, 2.24) is 15.1 Å². The van der Waals surface area contributed by atoms with E-state index in [1.807, 2.05) is 29.2 Å². The Hall–Kier alpha value is -2.83. The van der Waals surface area contributed by atoms with E-state index in [1.54, 1.807) is 23.1 Å². The molecule has 0 spiro atoms. The molecular weight excluding hydrogens is 282 g/mol. The first-order chi connectivity index (χ1) is 10.7. The van der Waals surface area contributed by atoms with E-state index >= 15 is 0 Å². The molecule has 1 aromatic carbocycles. The summed E-state index contributed by atoms with van der Waals surface area (Å²) in [7, 11) is 0. The van der Waals surface area contributed by atoms with Crippen molar-refractivity contribution in [2.24, 2.45) is 0 Å². The van der Waals surface area contributed by atoms with Gasteiger partial charge in [0.25, 0.3) is 0 Å². The number of nitrogens with one attached hydrogen (secondary N) is 2. The molecule has 7 nitrogen and oxygen atoms in total. The fourth-order valence-electron chi connectivity index (χ4n) is 2.36. The number of hydrogen-bond donors (Lipinski definition) is 2. The van der Waals surface area contributed by atoms with Gasteiger partial charge < -0.3 is 15.5 Å². The third-order valence-electron chi connectivity index (χ3n) is 3.42. The van der Waals surface area contributed by atoms with Crippen LogP contribution in [-0.4, -0.2) is 41.2 Å². The Morgan fingerprint density at radius 1 is 1.32 bits per heavy atom. The first-order valence-electron chi connectivity index (χ1n) is 7.10. The molecule has 3 rings (SSSR count). The van der Waals surface area contributed by atoms with E-state index in [2.05, 4.69) is 15.7 Å². The van der Waals surface area contributed by atoms with Gasteiger partial charge in [-0.25, -0.2) is 0 Å². The molecule has 1 aliphatic heterocycles. The highest BCUT2D eigenvalue weighted by atomic mass is 16.2. The van der Waals surface area contributed by atoms with Gasteiger partial charge in [-0.1, -0.05) is 0 Å². The van der Waals surface area contributed by atoms with Crippen LogP contribution in [0.4, 0.5) is 11.4 Å². The lowest BCUT2D eigenvalue weighted by atomic mass is 10.2. The summed E-state index contributed by atoms with van der Waals surface area (Å²) in [6.45, 7) is 1.99. The minimum Gasteiger partial charge on any atom is -0.360 e. The Balaban J connectivity index is 1.59. The lowest BCUT2D eigenvalue weighted by Gasteiger charge is -2.28. The van der Waals surface area contributed by atoms with Gasteiger partial charge in [0.2, 0.25) is 11.8 Å². The molecule has 2 heterocycles. The van der Waals surface area contributed by atoms with Crippen molar-refractivity contribution in [3.8, 4) is 0 Å². The van der Waals surface area contributed by atoms with Crippen LogP contribution in [0.15, 0.2) is 42.7 Å². The van der Waals surface area contributed by atoms with Crippen molar-refractivity contribution in [2.45, 2.75) is 6.54 Å². The maximum atomic E-state index is 11.9. The molecule has 2 aromatic rings. The average Bonchev–Trinajstić information content (AvgIpc) is 3.01. The lowest BCUT2D eigenvalue weighted by Crippen LogP contribution is -2.47. The number of carbonyl (C=O) groups excluding carboxylic acids is 2. The maximum Gasteiger partial charge on any atom is 0.246 e. The van der Waals surface area contributed by atoms with Crippen LogP contribution in [0, 0.1) is 0 Å². The Labute approximate surface area is 127 Å². The molecule has 0 saturated carbocycles. The molecule has 2 N–H and O–H groups in total. The summed E-state index contributed by atoms with van der Waals surface area (Å²) < 4.78 is 1.57. The molecule has 0 atom stereocenters. The summed E-state index contributed by atoms with van der Waals surface area (Å²) >= 11 is 0. The van der Waals surface area contributed by atoms with Crippen LogP contribution in [0.25, 0.3) is 0 Å². The smallest absolute Gasteiger partial charge is 0.246 e. The molecule has 1 fully saturated rings. The van der Waals surface area contributed by atoms with E-state index in [0.29, 0.717) is 13.1 Å². The molecule has 7 heteroatoms. The van der Waals surface area contributed by atoms with Crippen molar-refractivity contribution in [1.29, 1.82) is 0 Å². The number of aromatic nitrogens is 2. The number of nitrogens with zero attached hydrogens (tertiary/aromatic N) is 3. The summed E-state index contributed by atoms with van der Waals surface area (Å²) in [5, 5.41) is 9.61. The summed E-state index contributed by atoms with van der Waals surface area (Å²) in [6.07, 6.45) is 3.38. The minimum absolute atomic E-state index is 0.0304. The molecule has 1 aromatic heterocycles. The van der Waals surface area contributed by atoms with Crippen molar-refractivity contribution >= 4 is 23.2 Å². The monoisotopic (exact) mass is 299 g/mol. The van der Waals surface area contributed by atoms with Gasteiger partial charge in [-0.15, -0.1) is 0 Å². The molecule has 22 heavy (non-hydrogen) atoms. The first kappa shape index (κ1) is 14.1. The van der Waals surface area contributed by atoms with E-state index in [-0.39, 0.29) is 18.4 Å². The predicted molar refractivity (Wildman–Crippen MR) is 82.5 cm³/mol. The Kier molecular flexibility index (Phi) is 4.04. The topological polar surface area (TPSA) is 79.3 Å². The fraction of sp³-hybridized carbons (Fsp3) is 0.267. The Bertz CT molecular complexity index is 651. The van der Waals surface area contributed by atoms with Crippen molar-refractivity contribution in [2.75, 3.05) is 29.9 Å². The number of rotatable bonds is 4. The molecule has 2 amide bonds. The first-order valence-corrected chi connectivity index (χ1v) is 7.10. The second-order valence-corrected chi connectivity index (χ2v) is 5.07. The standard InChI is InChI=1S/C15H17N5O2/c21-14-10-19(9-7-16-14)13-4-2-12(3-5-13)18-15(22)11-20-8-1-6-17-20/h1-6,8H,7,9-11H2,(H,16,21)(H,18,22). The summed E-state index contributed by atoms with van der Waals surface area (Å²) in [6, 6.07) is 9.26.